The molecule has 1 aromatic carbocycles. The van der Waals surface area contributed by atoms with Crippen LogP contribution < -0.4 is 10.0 Å². The molecule has 0 unspecified atom stereocenters. The number of nitrogens with zero attached hydrogens (tertiary/aromatic N) is 1. The number of benzene rings is 1. The Morgan fingerprint density at radius 2 is 1.96 bits per heavy atom. The topological polar surface area (TPSA) is 78.5 Å². The Labute approximate surface area is 144 Å². The largest absolute Gasteiger partial charge is 0.339 e. The average Bonchev–Trinajstić information content (AvgIpc) is 2.53. The standard InChI is InChI=1S/C17H27N3O3S/c1-4-18-12-14-7-9-20(10-8-14)17(21)15-6-5-13(2)16(11-15)19-24(3,22)23/h5-6,11,14,18-19H,4,7-10,12H2,1-3H3. The summed E-state index contributed by atoms with van der Waals surface area (Å²) in [5, 5.41) is 3.36. The Morgan fingerprint density at radius 3 is 2.54 bits per heavy atom. The third-order valence-corrected chi connectivity index (χ3v) is 4.96. The zero-order valence-corrected chi connectivity index (χ0v) is 15.4. The van der Waals surface area contributed by atoms with Crippen molar-refractivity contribution in [2.45, 2.75) is 26.7 Å². The summed E-state index contributed by atoms with van der Waals surface area (Å²) in [4.78, 5) is 14.5. The zero-order valence-electron chi connectivity index (χ0n) is 14.6. The Hall–Kier alpha value is -1.60. The quantitative estimate of drug-likeness (QED) is 0.818. The van der Waals surface area contributed by atoms with Crippen LogP contribution in [0.1, 0.15) is 35.7 Å². The van der Waals surface area contributed by atoms with Crippen molar-refractivity contribution in [1.82, 2.24) is 10.2 Å². The second-order valence-electron chi connectivity index (χ2n) is 6.45. The summed E-state index contributed by atoms with van der Waals surface area (Å²) in [7, 11) is -3.37. The molecule has 6 nitrogen and oxygen atoms in total. The SMILES string of the molecule is CCNCC1CCN(C(=O)c2ccc(C)c(NS(C)(=O)=O)c2)CC1. The summed E-state index contributed by atoms with van der Waals surface area (Å²) in [6.45, 7) is 7.38. The van der Waals surface area contributed by atoms with Crippen molar-refractivity contribution in [3.63, 3.8) is 0 Å². The van der Waals surface area contributed by atoms with Crippen molar-refractivity contribution < 1.29 is 13.2 Å². The summed E-state index contributed by atoms with van der Waals surface area (Å²) in [5.74, 6) is 0.586. The predicted molar refractivity (Wildman–Crippen MR) is 96.8 cm³/mol. The summed E-state index contributed by atoms with van der Waals surface area (Å²) in [6, 6.07) is 5.16. The van der Waals surface area contributed by atoms with E-state index in [1.54, 1.807) is 18.2 Å². The van der Waals surface area contributed by atoms with E-state index in [-0.39, 0.29) is 5.91 Å². The van der Waals surface area contributed by atoms with E-state index in [1.807, 2.05) is 11.8 Å². The molecule has 0 spiro atoms. The van der Waals surface area contributed by atoms with Crippen LogP contribution in [0.5, 0.6) is 0 Å². The van der Waals surface area contributed by atoms with E-state index in [1.165, 1.54) is 0 Å². The van der Waals surface area contributed by atoms with Gasteiger partial charge in [0.1, 0.15) is 0 Å². The molecule has 0 radical (unpaired) electrons. The first-order valence-electron chi connectivity index (χ1n) is 8.38. The average molecular weight is 353 g/mol. The van der Waals surface area contributed by atoms with Gasteiger partial charge in [-0.2, -0.15) is 0 Å². The van der Waals surface area contributed by atoms with Gasteiger partial charge in [-0.1, -0.05) is 13.0 Å². The summed E-state index contributed by atoms with van der Waals surface area (Å²) < 4.78 is 25.4. The lowest BCUT2D eigenvalue weighted by atomic mass is 9.96. The van der Waals surface area contributed by atoms with Crippen LogP contribution in [0.15, 0.2) is 18.2 Å². The molecule has 0 saturated carbocycles. The fourth-order valence-corrected chi connectivity index (χ4v) is 3.56. The molecule has 1 aliphatic rings. The predicted octanol–water partition coefficient (Wildman–Crippen LogP) is 1.83. The van der Waals surface area contributed by atoms with E-state index in [9.17, 15) is 13.2 Å². The Kier molecular flexibility index (Phi) is 6.23. The van der Waals surface area contributed by atoms with Crippen LogP contribution in [0.2, 0.25) is 0 Å². The van der Waals surface area contributed by atoms with Crippen molar-refractivity contribution in [2.75, 3.05) is 37.2 Å². The van der Waals surface area contributed by atoms with E-state index in [4.69, 9.17) is 0 Å². The molecule has 1 fully saturated rings. The Balaban J connectivity index is 2.04. The van der Waals surface area contributed by atoms with Gasteiger partial charge in [0.25, 0.3) is 5.91 Å². The van der Waals surface area contributed by atoms with Crippen LogP contribution in [0.4, 0.5) is 5.69 Å². The van der Waals surface area contributed by atoms with Crippen molar-refractivity contribution in [1.29, 1.82) is 0 Å². The third kappa shape index (κ3) is 5.21. The lowest BCUT2D eigenvalue weighted by molar-refractivity contribution is 0.0690. The second kappa shape index (κ2) is 7.98. The third-order valence-electron chi connectivity index (χ3n) is 4.36. The molecule has 1 heterocycles. The minimum Gasteiger partial charge on any atom is -0.339 e. The number of hydrogen-bond donors (Lipinski definition) is 2. The molecule has 0 aromatic heterocycles. The van der Waals surface area contributed by atoms with Gasteiger partial charge in [0.05, 0.1) is 11.9 Å². The van der Waals surface area contributed by atoms with Gasteiger partial charge in [0, 0.05) is 18.7 Å². The smallest absolute Gasteiger partial charge is 0.253 e. The molecule has 1 amide bonds. The number of piperidine rings is 1. The summed E-state index contributed by atoms with van der Waals surface area (Å²) in [5.41, 5.74) is 1.78. The zero-order chi connectivity index (χ0) is 17.7. The maximum atomic E-state index is 12.7. The normalized spacial score (nSPS) is 16.2. The Bertz CT molecular complexity index is 680. The molecule has 1 aromatic rings. The van der Waals surface area contributed by atoms with Gasteiger partial charge >= 0.3 is 0 Å². The highest BCUT2D eigenvalue weighted by atomic mass is 32.2. The van der Waals surface area contributed by atoms with Crippen LogP contribution in [0.25, 0.3) is 0 Å². The molecule has 134 valence electrons. The lowest BCUT2D eigenvalue weighted by Crippen LogP contribution is -2.40. The highest BCUT2D eigenvalue weighted by Crippen LogP contribution is 2.22. The summed E-state index contributed by atoms with van der Waals surface area (Å²) in [6.07, 6.45) is 3.11. The molecule has 0 atom stereocenters. The van der Waals surface area contributed by atoms with Crippen LogP contribution in [-0.2, 0) is 10.0 Å². The number of rotatable bonds is 6. The van der Waals surface area contributed by atoms with E-state index in [2.05, 4.69) is 17.0 Å². The molecule has 7 heteroatoms. The highest BCUT2D eigenvalue weighted by Gasteiger charge is 2.23. The maximum absolute atomic E-state index is 12.7. The number of hydrogen-bond acceptors (Lipinski definition) is 4. The molecule has 1 aliphatic heterocycles. The van der Waals surface area contributed by atoms with Crippen molar-refractivity contribution in [3.05, 3.63) is 29.3 Å². The second-order valence-corrected chi connectivity index (χ2v) is 8.20. The fourth-order valence-electron chi connectivity index (χ4n) is 2.94. The summed E-state index contributed by atoms with van der Waals surface area (Å²) >= 11 is 0. The first kappa shape index (κ1) is 18.7. The van der Waals surface area contributed by atoms with Crippen LogP contribution in [0.3, 0.4) is 0 Å². The van der Waals surface area contributed by atoms with Gasteiger partial charge in [0.15, 0.2) is 0 Å². The number of carbonyl (C=O) groups is 1. The maximum Gasteiger partial charge on any atom is 0.253 e. The van der Waals surface area contributed by atoms with E-state index < -0.39 is 10.0 Å². The van der Waals surface area contributed by atoms with E-state index in [0.29, 0.717) is 17.2 Å². The van der Waals surface area contributed by atoms with Gasteiger partial charge in [-0.15, -0.1) is 0 Å². The fraction of sp³-hybridized carbons (Fsp3) is 0.588. The first-order chi connectivity index (χ1) is 11.3. The minimum atomic E-state index is -3.37. The lowest BCUT2D eigenvalue weighted by Gasteiger charge is -2.32. The van der Waals surface area contributed by atoms with Crippen molar-refractivity contribution >= 4 is 21.6 Å². The monoisotopic (exact) mass is 353 g/mol. The number of nitrogens with one attached hydrogen (secondary N) is 2. The number of anilines is 1. The van der Waals surface area contributed by atoms with Crippen LogP contribution >= 0.6 is 0 Å². The first-order valence-corrected chi connectivity index (χ1v) is 10.3. The molecule has 2 rings (SSSR count). The highest BCUT2D eigenvalue weighted by molar-refractivity contribution is 7.92. The van der Waals surface area contributed by atoms with Gasteiger partial charge in [0.2, 0.25) is 10.0 Å². The van der Waals surface area contributed by atoms with Gasteiger partial charge in [-0.3, -0.25) is 9.52 Å². The van der Waals surface area contributed by atoms with E-state index >= 15 is 0 Å². The van der Waals surface area contributed by atoms with Crippen LogP contribution in [0, 0.1) is 12.8 Å². The van der Waals surface area contributed by atoms with Crippen molar-refractivity contribution in [3.8, 4) is 0 Å². The number of aryl methyl sites for hydroxylation is 1. The van der Waals surface area contributed by atoms with Gasteiger partial charge in [-0.25, -0.2) is 8.42 Å². The molecular weight excluding hydrogens is 326 g/mol. The van der Waals surface area contributed by atoms with Gasteiger partial charge in [-0.05, 0) is 56.5 Å². The number of sulfonamides is 1. The van der Waals surface area contributed by atoms with Crippen molar-refractivity contribution in [2.24, 2.45) is 5.92 Å². The molecule has 2 N–H and O–H groups in total. The number of carbonyl (C=O) groups excluding carboxylic acids is 1. The molecule has 0 bridgehead atoms. The van der Waals surface area contributed by atoms with E-state index in [0.717, 1.165) is 50.8 Å². The minimum absolute atomic E-state index is 0.0338. The van der Waals surface area contributed by atoms with Gasteiger partial charge < -0.3 is 10.2 Å². The Morgan fingerprint density at radius 1 is 1.29 bits per heavy atom. The number of likely N-dealkylation sites (tertiary alicyclic amines) is 1. The number of amides is 1. The molecule has 0 aliphatic carbocycles. The molecular formula is C17H27N3O3S. The molecule has 24 heavy (non-hydrogen) atoms. The molecule has 1 saturated heterocycles. The van der Waals surface area contributed by atoms with Crippen LogP contribution in [-0.4, -0.2) is 51.7 Å².